The van der Waals surface area contributed by atoms with Crippen LogP contribution in [0.4, 0.5) is 8.78 Å². The minimum atomic E-state index is -4.01. The lowest BCUT2D eigenvalue weighted by molar-refractivity contribution is 0.126. The van der Waals surface area contributed by atoms with Crippen molar-refractivity contribution in [2.75, 3.05) is 13.6 Å². The summed E-state index contributed by atoms with van der Waals surface area (Å²) in [6.45, 7) is 2.16. The summed E-state index contributed by atoms with van der Waals surface area (Å²) in [5.41, 5.74) is 5.80. The lowest BCUT2D eigenvalue weighted by Gasteiger charge is -2.17. The van der Waals surface area contributed by atoms with Gasteiger partial charge in [0.15, 0.2) is 0 Å². The molecule has 0 radical (unpaired) electrons. The molecule has 0 bridgehead atoms. The smallest absolute Gasteiger partial charge is 0.252 e. The topological polar surface area (TPSA) is 76.5 Å². The molecule has 2 N–H and O–H groups in total. The summed E-state index contributed by atoms with van der Waals surface area (Å²) >= 11 is 0. The van der Waals surface area contributed by atoms with Crippen molar-refractivity contribution in [3.8, 4) is 0 Å². The van der Waals surface area contributed by atoms with Gasteiger partial charge in [0, 0.05) is 19.2 Å². The van der Waals surface area contributed by atoms with Gasteiger partial charge in [0.1, 0.15) is 16.4 Å². The van der Waals surface area contributed by atoms with Gasteiger partial charge in [0.2, 0.25) is 10.0 Å². The summed E-state index contributed by atoms with van der Waals surface area (Å²) in [6.07, 6.45) is -2.74. The maximum atomic E-state index is 12.3. The maximum absolute atomic E-state index is 12.3. The summed E-state index contributed by atoms with van der Waals surface area (Å²) < 4.78 is 54.7. The number of alkyl halides is 2. The number of hydrogen-bond donors (Lipinski definition) is 1. The Labute approximate surface area is 105 Å². The van der Waals surface area contributed by atoms with Crippen molar-refractivity contribution < 1.29 is 21.6 Å². The minimum Gasteiger partial charge on any atom is -0.465 e. The molecule has 0 saturated heterocycles. The van der Waals surface area contributed by atoms with E-state index in [9.17, 15) is 17.2 Å². The predicted molar refractivity (Wildman–Crippen MR) is 61.9 cm³/mol. The first-order valence-corrected chi connectivity index (χ1v) is 6.69. The van der Waals surface area contributed by atoms with Gasteiger partial charge in [-0.25, -0.2) is 17.2 Å². The van der Waals surface area contributed by atoms with Crippen molar-refractivity contribution in [3.05, 3.63) is 17.1 Å². The second-order valence-corrected chi connectivity index (χ2v) is 5.88. The maximum Gasteiger partial charge on any atom is 0.252 e. The minimum absolute atomic E-state index is 0.0275. The first-order valence-electron chi connectivity index (χ1n) is 5.25. The van der Waals surface area contributed by atoms with Gasteiger partial charge >= 0.3 is 0 Å². The van der Waals surface area contributed by atoms with Crippen molar-refractivity contribution >= 4 is 10.0 Å². The van der Waals surface area contributed by atoms with Crippen LogP contribution in [0.2, 0.25) is 0 Å². The molecule has 8 heteroatoms. The quantitative estimate of drug-likeness (QED) is 0.881. The first kappa shape index (κ1) is 15.1. The van der Waals surface area contributed by atoms with Gasteiger partial charge in [0.25, 0.3) is 6.43 Å². The van der Waals surface area contributed by atoms with Gasteiger partial charge in [-0.05, 0) is 13.8 Å². The molecular formula is C10H16F2N2O3S. The van der Waals surface area contributed by atoms with E-state index in [1.54, 1.807) is 6.92 Å². The fraction of sp³-hybridized carbons (Fsp3) is 0.600. The number of halogens is 2. The molecule has 0 spiro atoms. The third kappa shape index (κ3) is 2.70. The van der Waals surface area contributed by atoms with E-state index in [0.29, 0.717) is 15.6 Å². The number of hydrogen-bond acceptors (Lipinski definition) is 4. The highest BCUT2D eigenvalue weighted by Gasteiger charge is 2.31. The third-order valence-electron chi connectivity index (χ3n) is 2.59. The summed E-state index contributed by atoms with van der Waals surface area (Å²) in [5, 5.41) is 0. The number of nitrogens with two attached hydrogens (primary N) is 1. The fourth-order valence-electron chi connectivity index (χ4n) is 1.73. The molecule has 1 aromatic rings. The second-order valence-electron chi connectivity index (χ2n) is 3.90. The van der Waals surface area contributed by atoms with Crippen LogP contribution in [0.1, 0.15) is 17.1 Å². The van der Waals surface area contributed by atoms with Crippen LogP contribution in [0.15, 0.2) is 9.31 Å². The zero-order chi connectivity index (χ0) is 14.1. The Balaban J connectivity index is 3.28. The normalized spacial score (nSPS) is 12.7. The van der Waals surface area contributed by atoms with E-state index in [-0.39, 0.29) is 17.2 Å². The summed E-state index contributed by atoms with van der Waals surface area (Å²) in [5.74, 6) is 0.549. The SMILES string of the molecule is Cc1oc(C)c(S(=O)(=O)N(C)CC(F)F)c1CN. The van der Waals surface area contributed by atoms with Crippen LogP contribution in [0, 0.1) is 13.8 Å². The third-order valence-corrected chi connectivity index (χ3v) is 4.61. The monoisotopic (exact) mass is 282 g/mol. The van der Waals surface area contributed by atoms with E-state index >= 15 is 0 Å². The summed E-state index contributed by atoms with van der Waals surface area (Å²) in [7, 11) is -2.91. The highest BCUT2D eigenvalue weighted by Crippen LogP contribution is 2.28. The largest absolute Gasteiger partial charge is 0.465 e. The van der Waals surface area contributed by atoms with Crippen molar-refractivity contribution in [1.29, 1.82) is 0 Å². The number of rotatable bonds is 5. The van der Waals surface area contributed by atoms with Gasteiger partial charge in [-0.1, -0.05) is 0 Å². The van der Waals surface area contributed by atoms with E-state index < -0.39 is 23.0 Å². The lowest BCUT2D eigenvalue weighted by atomic mass is 10.2. The molecule has 1 heterocycles. The van der Waals surface area contributed by atoms with Crippen LogP contribution in [0.3, 0.4) is 0 Å². The lowest BCUT2D eigenvalue weighted by Crippen LogP contribution is -2.32. The molecule has 0 unspecified atom stereocenters. The first-order chi connectivity index (χ1) is 8.21. The molecule has 0 saturated carbocycles. The molecule has 0 fully saturated rings. The van der Waals surface area contributed by atoms with Crippen LogP contribution in [0.25, 0.3) is 0 Å². The summed E-state index contributed by atoms with van der Waals surface area (Å²) in [6, 6.07) is 0. The Kier molecular flexibility index (Phi) is 4.46. The Bertz CT molecular complexity index is 525. The molecule has 18 heavy (non-hydrogen) atoms. The number of nitrogens with zero attached hydrogens (tertiary/aromatic N) is 1. The van der Waals surface area contributed by atoms with Crippen LogP contribution in [-0.2, 0) is 16.6 Å². The Morgan fingerprint density at radius 3 is 2.33 bits per heavy atom. The molecule has 0 atom stereocenters. The van der Waals surface area contributed by atoms with E-state index in [1.807, 2.05) is 0 Å². The zero-order valence-corrected chi connectivity index (χ0v) is 11.2. The fourth-order valence-corrected chi connectivity index (χ4v) is 3.30. The van der Waals surface area contributed by atoms with E-state index in [2.05, 4.69) is 0 Å². The van der Waals surface area contributed by atoms with Crippen LogP contribution in [-0.4, -0.2) is 32.7 Å². The molecule has 1 rings (SSSR count). The molecule has 0 aliphatic heterocycles. The molecule has 104 valence electrons. The molecule has 1 aromatic heterocycles. The van der Waals surface area contributed by atoms with Crippen LogP contribution >= 0.6 is 0 Å². The molecule has 0 aromatic carbocycles. The van der Waals surface area contributed by atoms with E-state index in [0.717, 1.165) is 7.05 Å². The van der Waals surface area contributed by atoms with Gasteiger partial charge in [-0.15, -0.1) is 0 Å². The number of furan rings is 1. The van der Waals surface area contributed by atoms with Crippen molar-refractivity contribution in [1.82, 2.24) is 4.31 Å². The second kappa shape index (κ2) is 5.33. The molecule has 0 aliphatic rings. The van der Waals surface area contributed by atoms with E-state index in [1.165, 1.54) is 6.92 Å². The summed E-state index contributed by atoms with van der Waals surface area (Å²) in [4.78, 5) is -0.106. The molecule has 0 amide bonds. The Hall–Kier alpha value is -0.990. The van der Waals surface area contributed by atoms with Gasteiger partial charge in [-0.3, -0.25) is 0 Å². The average Bonchev–Trinajstić information content (AvgIpc) is 2.52. The number of aryl methyl sites for hydroxylation is 2. The van der Waals surface area contributed by atoms with E-state index in [4.69, 9.17) is 10.2 Å². The highest BCUT2D eigenvalue weighted by molar-refractivity contribution is 7.89. The van der Waals surface area contributed by atoms with Gasteiger partial charge < -0.3 is 10.2 Å². The van der Waals surface area contributed by atoms with Gasteiger partial charge in [-0.2, -0.15) is 4.31 Å². The Morgan fingerprint density at radius 1 is 1.33 bits per heavy atom. The standard InChI is InChI=1S/C10H16F2N2O3S/c1-6-8(4-13)10(7(2)17-6)18(15,16)14(3)5-9(11)12/h9H,4-5,13H2,1-3H3. The number of sulfonamides is 1. The van der Waals surface area contributed by atoms with Gasteiger partial charge in [0.05, 0.1) is 6.54 Å². The van der Waals surface area contributed by atoms with Crippen LogP contribution in [0.5, 0.6) is 0 Å². The van der Waals surface area contributed by atoms with Crippen molar-refractivity contribution in [2.45, 2.75) is 31.7 Å². The van der Waals surface area contributed by atoms with Crippen molar-refractivity contribution in [2.24, 2.45) is 5.73 Å². The molecule has 5 nitrogen and oxygen atoms in total. The highest BCUT2D eigenvalue weighted by atomic mass is 32.2. The average molecular weight is 282 g/mol. The van der Waals surface area contributed by atoms with Crippen molar-refractivity contribution in [3.63, 3.8) is 0 Å². The molecular weight excluding hydrogens is 266 g/mol. The molecule has 0 aliphatic carbocycles. The van der Waals surface area contributed by atoms with Crippen LogP contribution < -0.4 is 5.73 Å². The zero-order valence-electron chi connectivity index (χ0n) is 10.4. The Morgan fingerprint density at radius 2 is 1.89 bits per heavy atom. The predicted octanol–water partition coefficient (Wildman–Crippen LogP) is 1.24.